The minimum Gasteiger partial charge on any atom is -0.286 e. The molecule has 0 saturated carbocycles. The molecule has 0 rings (SSSR count). The molecule has 0 aromatic carbocycles. The molecule has 0 heterocycles. The van der Waals surface area contributed by atoms with Crippen LogP contribution >= 0.6 is 8.46 Å². The van der Waals surface area contributed by atoms with Crippen LogP contribution < -0.4 is 0 Å². The van der Waals surface area contributed by atoms with E-state index < -0.39 is 20.2 Å². The van der Waals surface area contributed by atoms with Crippen molar-refractivity contribution in [2.24, 2.45) is 0 Å². The molecule has 0 spiro atoms. The maximum absolute atomic E-state index is 11.1. The number of carbonyl (C=O) groups excluding carboxylic acids is 1. The number of carbonyl (C=O) groups is 1. The van der Waals surface area contributed by atoms with E-state index in [0.29, 0.717) is 0 Å². The highest BCUT2D eigenvalue weighted by atomic mass is 31.1. The molecule has 0 aliphatic heterocycles. The Morgan fingerprint density at radius 1 is 1.50 bits per heavy atom. The fourth-order valence-electron chi connectivity index (χ4n) is 0.142. The van der Waals surface area contributed by atoms with E-state index in [1.54, 1.807) is 0 Å². The van der Waals surface area contributed by atoms with E-state index in [1.807, 2.05) is 0 Å². The Balaban J connectivity index is 3.82. The van der Waals surface area contributed by atoms with Crippen LogP contribution in [0.4, 0.5) is 13.2 Å². The standard InChI is InChI=1S/C2H3BF3OP/c3-8-1(7)2(4,5)6/h8H,3H2. The van der Waals surface area contributed by atoms with Gasteiger partial charge in [0.15, 0.2) is 0 Å². The van der Waals surface area contributed by atoms with Gasteiger partial charge in [-0.2, -0.15) is 13.2 Å². The van der Waals surface area contributed by atoms with Gasteiger partial charge in [-0.15, -0.1) is 0 Å². The summed E-state index contributed by atoms with van der Waals surface area (Å²) in [6, 6.07) is 0. The lowest BCUT2D eigenvalue weighted by Crippen LogP contribution is -2.17. The fraction of sp³-hybridized carbons (Fsp3) is 0.500. The Morgan fingerprint density at radius 3 is 1.88 bits per heavy atom. The monoisotopic (exact) mass is 142 g/mol. The molecule has 0 aliphatic rings. The topological polar surface area (TPSA) is 17.1 Å². The first-order valence-electron chi connectivity index (χ1n) is 1.77. The summed E-state index contributed by atoms with van der Waals surface area (Å²) in [6.45, 7) is 0. The van der Waals surface area contributed by atoms with E-state index in [1.165, 1.54) is 7.57 Å². The van der Waals surface area contributed by atoms with Crippen molar-refractivity contribution >= 4 is 21.5 Å². The molecular weight excluding hydrogens is 139 g/mol. The van der Waals surface area contributed by atoms with Gasteiger partial charge < -0.3 is 0 Å². The van der Waals surface area contributed by atoms with Crippen molar-refractivity contribution in [3.05, 3.63) is 0 Å². The number of hydrogen-bond acceptors (Lipinski definition) is 1. The maximum atomic E-state index is 11.1. The molecule has 6 heteroatoms. The summed E-state index contributed by atoms with van der Waals surface area (Å²) < 4.78 is 33.3. The van der Waals surface area contributed by atoms with E-state index in [4.69, 9.17) is 0 Å². The second kappa shape index (κ2) is 2.49. The summed E-state index contributed by atoms with van der Waals surface area (Å²) in [5.74, 6) is 0. The lowest BCUT2D eigenvalue weighted by molar-refractivity contribution is -0.160. The summed E-state index contributed by atoms with van der Waals surface area (Å²) in [7, 11) is 0.523. The smallest absolute Gasteiger partial charge is 0.286 e. The van der Waals surface area contributed by atoms with Crippen LogP contribution in [0, 0.1) is 0 Å². The van der Waals surface area contributed by atoms with Gasteiger partial charge in [-0.05, 0) is 0 Å². The van der Waals surface area contributed by atoms with Gasteiger partial charge >= 0.3 is 6.18 Å². The van der Waals surface area contributed by atoms with E-state index in [-0.39, 0.29) is 0 Å². The van der Waals surface area contributed by atoms with Gasteiger partial charge in [-0.1, -0.05) is 8.46 Å². The molecule has 0 radical (unpaired) electrons. The summed E-state index contributed by atoms with van der Waals surface area (Å²) >= 11 is 0. The SMILES string of the molecule is BPC(=O)C(F)(F)F. The highest BCUT2D eigenvalue weighted by Gasteiger charge is 2.36. The third-order valence-electron chi connectivity index (χ3n) is 0.485. The molecule has 0 N–H and O–H groups in total. The van der Waals surface area contributed by atoms with Gasteiger partial charge in [0.25, 0.3) is 0 Å². The lowest BCUT2D eigenvalue weighted by atomic mass is 10.7. The van der Waals surface area contributed by atoms with E-state index in [0.717, 1.165) is 0 Å². The molecule has 0 aliphatic carbocycles. The van der Waals surface area contributed by atoms with Crippen LogP contribution in [0.5, 0.6) is 0 Å². The highest BCUT2D eigenvalue weighted by Crippen LogP contribution is 2.23. The number of alkyl halides is 3. The van der Waals surface area contributed by atoms with Crippen molar-refractivity contribution < 1.29 is 18.0 Å². The molecule has 1 atom stereocenters. The molecule has 1 nitrogen and oxygen atoms in total. The van der Waals surface area contributed by atoms with Crippen LogP contribution in [0.3, 0.4) is 0 Å². The van der Waals surface area contributed by atoms with Crippen LogP contribution in [0.25, 0.3) is 0 Å². The third kappa shape index (κ3) is 2.31. The Hall–Kier alpha value is -0.0451. The third-order valence-corrected chi connectivity index (χ3v) is 1.22. The molecular formula is C2H3BF3OP. The average molecular weight is 142 g/mol. The Morgan fingerprint density at radius 2 is 1.88 bits per heavy atom. The second-order valence-corrected chi connectivity index (χ2v) is 2.03. The van der Waals surface area contributed by atoms with Crippen LogP contribution in [0.1, 0.15) is 0 Å². The molecule has 46 valence electrons. The summed E-state index contributed by atoms with van der Waals surface area (Å²) in [4.78, 5) is 9.72. The van der Waals surface area contributed by atoms with Crippen molar-refractivity contribution in [3.63, 3.8) is 0 Å². The van der Waals surface area contributed by atoms with E-state index in [9.17, 15) is 18.0 Å². The quantitative estimate of drug-likeness (QED) is 0.380. The number of hydrogen-bond donors (Lipinski definition) is 0. The molecule has 8 heavy (non-hydrogen) atoms. The summed E-state index contributed by atoms with van der Waals surface area (Å²) in [5.41, 5.74) is -1.64. The first-order valence-corrected chi connectivity index (χ1v) is 3.27. The minimum atomic E-state index is -4.62. The molecule has 0 amide bonds. The lowest BCUT2D eigenvalue weighted by Gasteiger charge is -1.99. The van der Waals surface area contributed by atoms with Crippen molar-refractivity contribution in [2.45, 2.75) is 6.18 Å². The van der Waals surface area contributed by atoms with Crippen molar-refractivity contribution in [1.82, 2.24) is 0 Å². The molecule has 1 unspecified atom stereocenters. The highest BCUT2D eigenvalue weighted by molar-refractivity contribution is 7.81. The van der Waals surface area contributed by atoms with Gasteiger partial charge in [0, 0.05) is 0 Å². The molecule has 0 aromatic heterocycles. The van der Waals surface area contributed by atoms with Gasteiger partial charge in [0.05, 0.1) is 0 Å². The Bertz CT molecular complexity index is 99.9. The van der Waals surface area contributed by atoms with Crippen molar-refractivity contribution in [3.8, 4) is 0 Å². The Labute approximate surface area is 46.8 Å². The van der Waals surface area contributed by atoms with Gasteiger partial charge in [-0.3, -0.25) is 4.79 Å². The molecule has 0 bridgehead atoms. The number of rotatable bonds is 1. The van der Waals surface area contributed by atoms with Gasteiger partial charge in [0.1, 0.15) is 7.57 Å². The summed E-state index contributed by atoms with van der Waals surface area (Å²) in [5, 5.41) is 0. The minimum absolute atomic E-state index is 0.681. The van der Waals surface area contributed by atoms with Crippen LogP contribution in [-0.4, -0.2) is 19.3 Å². The van der Waals surface area contributed by atoms with E-state index >= 15 is 0 Å². The maximum Gasteiger partial charge on any atom is 0.453 e. The predicted octanol–water partition coefficient (Wildman–Crippen LogP) is 0.302. The van der Waals surface area contributed by atoms with Gasteiger partial charge in [0.2, 0.25) is 5.52 Å². The summed E-state index contributed by atoms with van der Waals surface area (Å²) in [6.07, 6.45) is -4.62. The molecule has 0 fully saturated rings. The zero-order valence-electron chi connectivity index (χ0n) is 4.04. The molecule has 0 saturated heterocycles. The van der Waals surface area contributed by atoms with Crippen LogP contribution in [0.15, 0.2) is 0 Å². The van der Waals surface area contributed by atoms with Crippen LogP contribution in [-0.2, 0) is 4.79 Å². The van der Waals surface area contributed by atoms with Crippen LogP contribution in [0.2, 0.25) is 0 Å². The van der Waals surface area contributed by atoms with Crippen molar-refractivity contribution in [2.75, 3.05) is 0 Å². The largest absolute Gasteiger partial charge is 0.453 e. The van der Waals surface area contributed by atoms with Gasteiger partial charge in [-0.25, -0.2) is 0 Å². The Kier molecular flexibility index (Phi) is 2.47. The number of halogens is 3. The molecule has 0 aromatic rings. The fourth-order valence-corrected chi connectivity index (χ4v) is 0.425. The normalized spacial score (nSPS) is 12.9. The first kappa shape index (κ1) is 7.95. The first-order chi connectivity index (χ1) is 3.48. The zero-order valence-corrected chi connectivity index (χ0v) is 5.04. The second-order valence-electron chi connectivity index (χ2n) is 1.08. The predicted molar refractivity (Wildman–Crippen MR) is 27.9 cm³/mol. The van der Waals surface area contributed by atoms with Crippen molar-refractivity contribution in [1.29, 1.82) is 0 Å². The zero-order chi connectivity index (χ0) is 6.78. The van der Waals surface area contributed by atoms with E-state index in [2.05, 4.69) is 0 Å². The average Bonchev–Trinajstić information content (AvgIpc) is 1.62.